The van der Waals surface area contributed by atoms with Crippen molar-refractivity contribution in [3.63, 3.8) is 0 Å². The van der Waals surface area contributed by atoms with Gasteiger partial charge in [-0.1, -0.05) is 121 Å². The van der Waals surface area contributed by atoms with Gasteiger partial charge in [0.2, 0.25) is 0 Å². The Balaban J connectivity index is 0.000000159. The fourth-order valence-electron chi connectivity index (χ4n) is 10.3. The van der Waals surface area contributed by atoms with E-state index in [1.165, 1.54) is 29.4 Å². The summed E-state index contributed by atoms with van der Waals surface area (Å²) in [5, 5.41) is 14.5. The summed E-state index contributed by atoms with van der Waals surface area (Å²) in [5.74, 6) is 0.0279. The van der Waals surface area contributed by atoms with Gasteiger partial charge in [0.25, 0.3) is 5.91 Å². The first kappa shape index (κ1) is 50.2. The number of aromatic nitrogens is 2. The van der Waals surface area contributed by atoms with Crippen molar-refractivity contribution in [2.45, 2.75) is 77.8 Å². The largest absolute Gasteiger partial charge is 0.496 e. The number of aromatic carboxylic acids is 1. The molecular weight excluding hydrogens is 885 g/mol. The number of aryl methyl sites for hydroxylation is 2. The molecule has 4 atom stereocenters. The van der Waals surface area contributed by atoms with E-state index in [-0.39, 0.29) is 29.6 Å². The molecule has 10 rings (SSSR count). The lowest BCUT2D eigenvalue weighted by Crippen LogP contribution is -2.58. The van der Waals surface area contributed by atoms with Crippen molar-refractivity contribution in [2.75, 3.05) is 40.4 Å². The SMILES string of the molecule is COc1cc2[nH]c(C)cc2cc1C(=O)N1C[C@H](C)N(C(c2ccccc2)c2ccccc2)C[C@H]1C.COc1cc2[nH]c(C)cc2cc1C(=O)O.C[C@@H]1CN(C(c2ccccc2)c2ccccc2)[C@@H](C)CN1. The van der Waals surface area contributed by atoms with Crippen LogP contribution >= 0.6 is 0 Å². The zero-order valence-electron chi connectivity index (χ0n) is 42.2. The Labute approximate surface area is 418 Å². The number of nitrogens with one attached hydrogen (secondary N) is 3. The van der Waals surface area contributed by atoms with Gasteiger partial charge in [-0.25, -0.2) is 4.79 Å². The Morgan fingerprint density at radius 1 is 0.535 bits per heavy atom. The summed E-state index contributed by atoms with van der Waals surface area (Å²) in [4.78, 5) is 38.4. The summed E-state index contributed by atoms with van der Waals surface area (Å²) in [6, 6.07) is 56.0. The van der Waals surface area contributed by atoms with E-state index >= 15 is 0 Å². The van der Waals surface area contributed by atoms with Gasteiger partial charge in [-0.3, -0.25) is 14.6 Å². The van der Waals surface area contributed by atoms with E-state index in [1.54, 1.807) is 19.2 Å². The Bertz CT molecular complexity index is 2930. The number of carboxylic acids is 1. The normalized spacial score (nSPS) is 18.4. The van der Waals surface area contributed by atoms with E-state index in [0.717, 1.165) is 52.8 Å². The molecule has 368 valence electrons. The zero-order chi connectivity index (χ0) is 50.2. The minimum atomic E-state index is -0.979. The number of rotatable bonds is 10. The van der Waals surface area contributed by atoms with Crippen LogP contribution in [0.1, 0.15) is 94.1 Å². The first-order valence-electron chi connectivity index (χ1n) is 24.7. The maximum Gasteiger partial charge on any atom is 0.339 e. The molecule has 4 heterocycles. The topological polar surface area (TPSA) is 126 Å². The van der Waals surface area contributed by atoms with Crippen LogP contribution < -0.4 is 14.8 Å². The second-order valence-electron chi connectivity index (χ2n) is 19.1. The number of carboxylic acid groups (broad SMARTS) is 1. The summed E-state index contributed by atoms with van der Waals surface area (Å²) < 4.78 is 10.7. The molecule has 0 unspecified atom stereocenters. The quantitative estimate of drug-likeness (QED) is 0.107. The van der Waals surface area contributed by atoms with E-state index < -0.39 is 5.97 Å². The molecule has 2 fully saturated rings. The molecule has 2 saturated heterocycles. The highest BCUT2D eigenvalue weighted by Gasteiger charge is 2.38. The number of piperazine rings is 2. The van der Waals surface area contributed by atoms with Gasteiger partial charge >= 0.3 is 5.97 Å². The number of amides is 1. The molecular formula is C60H68N6O5. The average molecular weight is 953 g/mol. The number of benzene rings is 6. The van der Waals surface area contributed by atoms with Crippen LogP contribution in [0.15, 0.2) is 158 Å². The van der Waals surface area contributed by atoms with Gasteiger partial charge in [0, 0.05) is 95.7 Å². The summed E-state index contributed by atoms with van der Waals surface area (Å²) >= 11 is 0. The van der Waals surface area contributed by atoms with Crippen LogP contribution in [0.2, 0.25) is 0 Å². The Hall–Kier alpha value is -7.18. The molecule has 1 amide bonds. The van der Waals surface area contributed by atoms with Crippen LogP contribution in [0.3, 0.4) is 0 Å². The predicted molar refractivity (Wildman–Crippen MR) is 286 cm³/mol. The number of carbonyl (C=O) groups is 2. The van der Waals surface area contributed by atoms with Crippen LogP contribution in [0.25, 0.3) is 21.8 Å². The van der Waals surface area contributed by atoms with E-state index in [0.29, 0.717) is 41.7 Å². The minimum absolute atomic E-state index is 0.0255. The second-order valence-corrected chi connectivity index (χ2v) is 19.1. The first-order valence-corrected chi connectivity index (χ1v) is 24.7. The molecule has 0 radical (unpaired) electrons. The highest BCUT2D eigenvalue weighted by atomic mass is 16.5. The van der Waals surface area contributed by atoms with Gasteiger partial charge in [-0.2, -0.15) is 0 Å². The molecule has 0 bridgehead atoms. The van der Waals surface area contributed by atoms with E-state index in [1.807, 2.05) is 36.9 Å². The third-order valence-corrected chi connectivity index (χ3v) is 13.8. The number of hydrogen-bond donors (Lipinski definition) is 4. The fourth-order valence-corrected chi connectivity index (χ4v) is 10.3. The molecule has 11 heteroatoms. The lowest BCUT2D eigenvalue weighted by Gasteiger charge is -2.47. The van der Waals surface area contributed by atoms with Crippen molar-refractivity contribution >= 4 is 33.7 Å². The molecule has 11 nitrogen and oxygen atoms in total. The summed E-state index contributed by atoms with van der Waals surface area (Å²) in [7, 11) is 3.09. The summed E-state index contributed by atoms with van der Waals surface area (Å²) in [5.41, 5.74) is 10.0. The van der Waals surface area contributed by atoms with Crippen LogP contribution in [0, 0.1) is 13.8 Å². The number of nitrogens with zero attached hydrogens (tertiary/aromatic N) is 3. The van der Waals surface area contributed by atoms with Crippen molar-refractivity contribution in [3.05, 3.63) is 202 Å². The van der Waals surface area contributed by atoms with E-state index in [9.17, 15) is 9.59 Å². The lowest BCUT2D eigenvalue weighted by atomic mass is 9.93. The number of hydrogen-bond acceptors (Lipinski definition) is 7. The summed E-state index contributed by atoms with van der Waals surface area (Å²) in [6.07, 6.45) is 0. The predicted octanol–water partition coefficient (Wildman–Crippen LogP) is 11.5. The highest BCUT2D eigenvalue weighted by Crippen LogP contribution is 2.36. The molecule has 6 aromatic carbocycles. The smallest absolute Gasteiger partial charge is 0.339 e. The molecule has 4 N–H and O–H groups in total. The van der Waals surface area contributed by atoms with Crippen LogP contribution in [-0.2, 0) is 0 Å². The number of methoxy groups -OCH3 is 2. The maximum atomic E-state index is 13.8. The molecule has 0 aliphatic carbocycles. The van der Waals surface area contributed by atoms with Gasteiger partial charge in [0.15, 0.2) is 0 Å². The number of aromatic amines is 2. The number of H-pyrrole nitrogens is 2. The monoisotopic (exact) mass is 953 g/mol. The molecule has 71 heavy (non-hydrogen) atoms. The molecule has 2 aromatic heterocycles. The Kier molecular flexibility index (Phi) is 16.1. The third-order valence-electron chi connectivity index (χ3n) is 13.8. The van der Waals surface area contributed by atoms with Gasteiger partial charge in [0.1, 0.15) is 17.1 Å². The second kappa shape index (κ2) is 22.7. The first-order chi connectivity index (χ1) is 34.3. The average Bonchev–Trinajstić information content (AvgIpc) is 3.95. The number of carbonyl (C=O) groups excluding carboxylic acids is 1. The standard InChI is InChI=1S/C30H33N3O2.C19H24N2.C11H11NO3/c1-20-15-25-16-26(28(35-4)17-27(25)31-20)30(34)33-19-21(2)32(18-22(33)3)29(23-11-7-5-8-12-23)24-13-9-6-10-14-24;1-15-14-21(16(2)13-20-15)19(17-9-5-3-6-10-17)18-11-7-4-8-12-18;1-6-3-7-4-8(11(13)14)10(15-2)5-9(7)12-6/h5-17,21-22,29,31H,18-19H2,1-4H3;3-12,15-16,19-20H,13-14H2,1-2H3;3-5,12H,1-2H3,(H,13,14)/t21-,22+;15-,16+;/m01./s1. The summed E-state index contributed by atoms with van der Waals surface area (Å²) in [6.45, 7) is 16.5. The molecule has 0 spiro atoms. The number of fused-ring (bicyclic) bond motifs is 2. The highest BCUT2D eigenvalue weighted by molar-refractivity contribution is 6.01. The molecule has 2 aliphatic rings. The van der Waals surface area contributed by atoms with Crippen molar-refractivity contribution in [3.8, 4) is 11.5 Å². The third kappa shape index (κ3) is 11.6. The minimum Gasteiger partial charge on any atom is -0.496 e. The van der Waals surface area contributed by atoms with Crippen molar-refractivity contribution in [1.82, 2.24) is 30.0 Å². The van der Waals surface area contributed by atoms with E-state index in [4.69, 9.17) is 14.6 Å². The number of ether oxygens (including phenoxy) is 2. The Morgan fingerprint density at radius 3 is 1.37 bits per heavy atom. The van der Waals surface area contributed by atoms with Gasteiger partial charge in [-0.05, 0) is 88.1 Å². The van der Waals surface area contributed by atoms with Crippen molar-refractivity contribution in [1.29, 1.82) is 0 Å². The molecule has 8 aromatic rings. The van der Waals surface area contributed by atoms with Crippen molar-refractivity contribution in [2.24, 2.45) is 0 Å². The maximum absolute atomic E-state index is 13.8. The molecule has 2 aliphatic heterocycles. The van der Waals surface area contributed by atoms with Crippen LogP contribution in [0.4, 0.5) is 0 Å². The zero-order valence-corrected chi connectivity index (χ0v) is 42.2. The lowest BCUT2D eigenvalue weighted by molar-refractivity contribution is 0.0207. The van der Waals surface area contributed by atoms with Crippen LogP contribution in [-0.4, -0.2) is 106 Å². The van der Waals surface area contributed by atoms with E-state index in [2.05, 4.69) is 180 Å². The fraction of sp³-hybridized carbons (Fsp3) is 0.300. The van der Waals surface area contributed by atoms with Gasteiger partial charge in [0.05, 0.1) is 31.9 Å². The van der Waals surface area contributed by atoms with Crippen LogP contribution in [0.5, 0.6) is 11.5 Å². The molecule has 0 saturated carbocycles. The van der Waals surface area contributed by atoms with Gasteiger partial charge in [-0.15, -0.1) is 0 Å². The Morgan fingerprint density at radius 2 is 0.944 bits per heavy atom. The van der Waals surface area contributed by atoms with Gasteiger partial charge < -0.3 is 34.8 Å². The van der Waals surface area contributed by atoms with Crippen molar-refractivity contribution < 1.29 is 24.2 Å².